The van der Waals surface area contributed by atoms with Gasteiger partial charge in [-0.25, -0.2) is 12.8 Å². The van der Waals surface area contributed by atoms with E-state index in [-0.39, 0.29) is 10.6 Å². The van der Waals surface area contributed by atoms with Crippen LogP contribution in [-0.4, -0.2) is 32.4 Å². The van der Waals surface area contributed by atoms with Gasteiger partial charge in [-0.05, 0) is 18.2 Å². The molecule has 0 saturated carbocycles. The van der Waals surface area contributed by atoms with Crippen LogP contribution in [-0.2, 0) is 14.6 Å². The first-order valence-corrected chi connectivity index (χ1v) is 5.80. The minimum atomic E-state index is -4.00. The number of carboxylic acid groups (broad SMARTS) is 1. The molecule has 1 aromatic rings. The zero-order chi connectivity index (χ0) is 12.3. The molecule has 0 fully saturated rings. The number of carbonyl (C=O) groups is 1. The van der Waals surface area contributed by atoms with E-state index in [9.17, 15) is 17.6 Å². The maximum absolute atomic E-state index is 13.2. The van der Waals surface area contributed by atoms with E-state index in [0.717, 1.165) is 18.2 Å². The molecule has 1 rings (SSSR count). The summed E-state index contributed by atoms with van der Waals surface area (Å²) in [5.41, 5.74) is 0. The van der Waals surface area contributed by atoms with Crippen LogP contribution in [0.4, 0.5) is 4.39 Å². The van der Waals surface area contributed by atoms with Crippen LogP contribution in [0.2, 0.25) is 0 Å². The molecule has 0 unspecified atom stereocenters. The summed E-state index contributed by atoms with van der Waals surface area (Å²) in [5.74, 6) is -3.52. The van der Waals surface area contributed by atoms with Crippen molar-refractivity contribution in [1.29, 1.82) is 0 Å². The first-order valence-electron chi connectivity index (χ1n) is 4.15. The highest BCUT2D eigenvalue weighted by molar-refractivity contribution is 7.92. The second-order valence-corrected chi connectivity index (χ2v) is 4.94. The maximum Gasteiger partial charge on any atom is 0.319 e. The van der Waals surface area contributed by atoms with Gasteiger partial charge in [-0.1, -0.05) is 0 Å². The molecule has 0 amide bonds. The van der Waals surface area contributed by atoms with Gasteiger partial charge in [0, 0.05) is 0 Å². The van der Waals surface area contributed by atoms with Gasteiger partial charge >= 0.3 is 5.97 Å². The lowest BCUT2D eigenvalue weighted by molar-refractivity contribution is -0.134. The molecule has 0 aliphatic heterocycles. The normalized spacial score (nSPS) is 11.1. The number of sulfone groups is 1. The zero-order valence-corrected chi connectivity index (χ0v) is 9.12. The van der Waals surface area contributed by atoms with Crippen molar-refractivity contribution in [3.63, 3.8) is 0 Å². The van der Waals surface area contributed by atoms with Crippen LogP contribution in [0.25, 0.3) is 0 Å². The van der Waals surface area contributed by atoms with E-state index in [1.807, 2.05) is 0 Å². The molecule has 0 radical (unpaired) electrons. The molecule has 0 bridgehead atoms. The average Bonchev–Trinajstić information content (AvgIpc) is 2.15. The van der Waals surface area contributed by atoms with E-state index in [1.165, 1.54) is 7.11 Å². The van der Waals surface area contributed by atoms with Crippen molar-refractivity contribution in [2.24, 2.45) is 0 Å². The monoisotopic (exact) mass is 248 g/mol. The van der Waals surface area contributed by atoms with Crippen molar-refractivity contribution < 1.29 is 27.4 Å². The van der Waals surface area contributed by atoms with Crippen molar-refractivity contribution in [2.45, 2.75) is 4.90 Å². The topological polar surface area (TPSA) is 80.7 Å². The molecule has 0 aliphatic rings. The Morgan fingerprint density at radius 1 is 1.50 bits per heavy atom. The summed E-state index contributed by atoms with van der Waals surface area (Å²) in [6.07, 6.45) is 0. The molecule has 0 atom stereocenters. The van der Waals surface area contributed by atoms with Gasteiger partial charge in [0.05, 0.1) is 12.0 Å². The van der Waals surface area contributed by atoms with E-state index in [1.54, 1.807) is 0 Å². The fourth-order valence-electron chi connectivity index (χ4n) is 1.09. The third-order valence-corrected chi connectivity index (χ3v) is 3.40. The van der Waals surface area contributed by atoms with Gasteiger partial charge in [-0.15, -0.1) is 0 Å². The molecule has 16 heavy (non-hydrogen) atoms. The number of rotatable bonds is 4. The Bertz CT molecular complexity index is 509. The molecular formula is C9H9FO5S. The van der Waals surface area contributed by atoms with E-state index in [4.69, 9.17) is 5.11 Å². The molecule has 1 aromatic carbocycles. The number of carboxylic acids is 1. The van der Waals surface area contributed by atoms with Crippen molar-refractivity contribution in [3.05, 3.63) is 24.0 Å². The largest absolute Gasteiger partial charge is 0.494 e. The number of aliphatic carboxylic acids is 1. The smallest absolute Gasteiger partial charge is 0.319 e. The molecule has 0 aliphatic carbocycles. The second kappa shape index (κ2) is 4.48. The predicted octanol–water partition coefficient (Wildman–Crippen LogP) is 0.693. The van der Waals surface area contributed by atoms with E-state index in [2.05, 4.69) is 4.74 Å². The van der Waals surface area contributed by atoms with Gasteiger partial charge in [-0.3, -0.25) is 4.79 Å². The summed E-state index contributed by atoms with van der Waals surface area (Å²) in [7, 11) is -2.76. The van der Waals surface area contributed by atoms with Gasteiger partial charge in [0.15, 0.2) is 27.2 Å². The van der Waals surface area contributed by atoms with Crippen molar-refractivity contribution >= 4 is 15.8 Å². The first-order chi connectivity index (χ1) is 7.36. The maximum atomic E-state index is 13.2. The van der Waals surface area contributed by atoms with Gasteiger partial charge in [0.2, 0.25) is 0 Å². The third-order valence-electron chi connectivity index (χ3n) is 1.80. The van der Waals surface area contributed by atoms with Crippen LogP contribution in [0.5, 0.6) is 5.75 Å². The lowest BCUT2D eigenvalue weighted by Crippen LogP contribution is -2.15. The van der Waals surface area contributed by atoms with Crippen LogP contribution >= 0.6 is 0 Å². The van der Waals surface area contributed by atoms with Gasteiger partial charge in [0.1, 0.15) is 0 Å². The fourth-order valence-corrected chi connectivity index (χ4v) is 2.14. The number of halogens is 1. The quantitative estimate of drug-likeness (QED) is 0.848. The fraction of sp³-hybridized carbons (Fsp3) is 0.222. The van der Waals surface area contributed by atoms with Gasteiger partial charge in [0.25, 0.3) is 0 Å². The molecule has 0 saturated heterocycles. The SMILES string of the molecule is COc1ccc(S(=O)(=O)CC(=O)O)cc1F. The summed E-state index contributed by atoms with van der Waals surface area (Å²) in [5, 5.41) is 8.38. The van der Waals surface area contributed by atoms with E-state index in [0.29, 0.717) is 0 Å². The number of methoxy groups -OCH3 is 1. The summed E-state index contributed by atoms with van der Waals surface area (Å²) in [6.45, 7) is 0. The van der Waals surface area contributed by atoms with Crippen LogP contribution in [0.3, 0.4) is 0 Å². The molecule has 5 nitrogen and oxygen atoms in total. The van der Waals surface area contributed by atoms with Crippen LogP contribution in [0.1, 0.15) is 0 Å². The molecule has 88 valence electrons. The Labute approximate surface area is 91.4 Å². The second-order valence-electron chi connectivity index (χ2n) is 2.95. The molecular weight excluding hydrogens is 239 g/mol. The molecule has 7 heteroatoms. The Kier molecular flexibility index (Phi) is 3.48. The summed E-state index contributed by atoms with van der Waals surface area (Å²) < 4.78 is 40.6. The van der Waals surface area contributed by atoms with Crippen molar-refractivity contribution in [2.75, 3.05) is 12.9 Å². The standard InChI is InChI=1S/C9H9FO5S/c1-15-8-3-2-6(4-7(8)10)16(13,14)5-9(11)12/h2-4H,5H2,1H3,(H,11,12). The third kappa shape index (κ3) is 2.69. The molecule has 0 spiro atoms. The Morgan fingerprint density at radius 3 is 2.56 bits per heavy atom. The van der Waals surface area contributed by atoms with Crippen LogP contribution in [0.15, 0.2) is 23.1 Å². The summed E-state index contributed by atoms with van der Waals surface area (Å²) >= 11 is 0. The highest BCUT2D eigenvalue weighted by atomic mass is 32.2. The highest BCUT2D eigenvalue weighted by Gasteiger charge is 2.20. The summed E-state index contributed by atoms with van der Waals surface area (Å²) in [4.78, 5) is 9.92. The van der Waals surface area contributed by atoms with Crippen LogP contribution in [0, 0.1) is 5.82 Å². The van der Waals surface area contributed by atoms with Crippen molar-refractivity contribution in [1.82, 2.24) is 0 Å². The first kappa shape index (κ1) is 12.4. The number of hydrogen-bond donors (Lipinski definition) is 1. The lowest BCUT2D eigenvalue weighted by Gasteiger charge is -2.04. The minimum absolute atomic E-state index is 0.103. The number of hydrogen-bond acceptors (Lipinski definition) is 4. The summed E-state index contributed by atoms with van der Waals surface area (Å²) in [6, 6.07) is 2.96. The average molecular weight is 248 g/mol. The number of benzene rings is 1. The Balaban J connectivity index is 3.15. The Morgan fingerprint density at radius 2 is 2.12 bits per heavy atom. The van der Waals surface area contributed by atoms with Gasteiger partial charge in [-0.2, -0.15) is 0 Å². The predicted molar refractivity (Wildman–Crippen MR) is 52.6 cm³/mol. The Hall–Kier alpha value is -1.63. The number of ether oxygens (including phenoxy) is 1. The van der Waals surface area contributed by atoms with E-state index < -0.39 is 27.4 Å². The van der Waals surface area contributed by atoms with E-state index >= 15 is 0 Å². The zero-order valence-electron chi connectivity index (χ0n) is 8.31. The molecule has 0 aromatic heterocycles. The van der Waals surface area contributed by atoms with Crippen molar-refractivity contribution in [3.8, 4) is 5.75 Å². The minimum Gasteiger partial charge on any atom is -0.494 e. The molecule has 0 heterocycles. The van der Waals surface area contributed by atoms with Crippen LogP contribution < -0.4 is 4.74 Å². The molecule has 1 N–H and O–H groups in total. The lowest BCUT2D eigenvalue weighted by atomic mass is 10.3. The highest BCUT2D eigenvalue weighted by Crippen LogP contribution is 2.21. The van der Waals surface area contributed by atoms with Gasteiger partial charge < -0.3 is 9.84 Å².